The molecule has 0 radical (unpaired) electrons. The van der Waals surface area contributed by atoms with Gasteiger partial charge < -0.3 is 14.2 Å². The molecule has 0 amide bonds. The average molecular weight is 346 g/mol. The van der Waals surface area contributed by atoms with E-state index in [1.807, 2.05) is 12.1 Å². The maximum atomic E-state index is 10.4. The molecule has 0 atom stereocenters. The van der Waals surface area contributed by atoms with E-state index in [0.717, 1.165) is 5.75 Å². The first-order valence-electron chi connectivity index (χ1n) is 7.52. The molecule has 0 saturated heterocycles. The summed E-state index contributed by atoms with van der Waals surface area (Å²) in [4.78, 5) is 0. The lowest BCUT2D eigenvalue weighted by Crippen LogP contribution is -2.15. The fraction of sp³-hybridized carbons (Fsp3) is 0.625. The molecule has 0 heterocycles. The van der Waals surface area contributed by atoms with Crippen LogP contribution in [0.4, 0.5) is 0 Å². The first kappa shape index (κ1) is 19.9. The van der Waals surface area contributed by atoms with Crippen molar-refractivity contribution in [2.24, 2.45) is 0 Å². The highest BCUT2D eigenvalue weighted by Crippen LogP contribution is 2.24. The van der Waals surface area contributed by atoms with Gasteiger partial charge in [-0.2, -0.15) is 8.42 Å². The quantitative estimate of drug-likeness (QED) is 0.517. The zero-order chi connectivity index (χ0) is 17.3. The third kappa shape index (κ3) is 9.55. The maximum absolute atomic E-state index is 10.4. The molecule has 0 saturated carbocycles. The smallest absolute Gasteiger partial charge is 0.267 e. The van der Waals surface area contributed by atoms with Crippen molar-refractivity contribution in [2.45, 2.75) is 26.2 Å². The minimum absolute atomic E-state index is 0.0428. The van der Waals surface area contributed by atoms with E-state index in [1.54, 1.807) is 0 Å². The summed E-state index contributed by atoms with van der Waals surface area (Å²) in [7, 11) is -3.95. The standard InChI is InChI=1S/C16H26O6S/c1-16(2,3)14-4-6-15(7-5-14)22-11-10-20-8-9-21-12-13-23(17,18)19/h4-7H,8-13H2,1-3H3,(H,17,18,19). The van der Waals surface area contributed by atoms with Gasteiger partial charge in [-0.15, -0.1) is 0 Å². The van der Waals surface area contributed by atoms with Crippen molar-refractivity contribution in [3.8, 4) is 5.75 Å². The van der Waals surface area contributed by atoms with E-state index in [1.165, 1.54) is 5.56 Å². The third-order valence-electron chi connectivity index (χ3n) is 3.07. The molecule has 0 fully saturated rings. The zero-order valence-corrected chi connectivity index (χ0v) is 14.8. The Hall–Kier alpha value is -1.15. The second kappa shape index (κ2) is 9.22. The van der Waals surface area contributed by atoms with Crippen LogP contribution in [0.5, 0.6) is 5.75 Å². The van der Waals surface area contributed by atoms with Gasteiger partial charge in [-0.05, 0) is 23.1 Å². The van der Waals surface area contributed by atoms with Crippen LogP contribution in [0.1, 0.15) is 26.3 Å². The molecule has 0 spiro atoms. The minimum Gasteiger partial charge on any atom is -0.491 e. The second-order valence-corrected chi connectivity index (χ2v) is 7.71. The monoisotopic (exact) mass is 346 g/mol. The Labute approximate surface area is 138 Å². The van der Waals surface area contributed by atoms with Gasteiger partial charge >= 0.3 is 0 Å². The first-order chi connectivity index (χ1) is 10.7. The van der Waals surface area contributed by atoms with Crippen LogP contribution in [0, 0.1) is 0 Å². The van der Waals surface area contributed by atoms with E-state index < -0.39 is 15.9 Å². The summed E-state index contributed by atoms with van der Waals surface area (Å²) in [6, 6.07) is 8.00. The molecular formula is C16H26O6S. The van der Waals surface area contributed by atoms with E-state index in [2.05, 4.69) is 32.9 Å². The van der Waals surface area contributed by atoms with Crippen LogP contribution >= 0.6 is 0 Å². The Morgan fingerprint density at radius 2 is 1.43 bits per heavy atom. The van der Waals surface area contributed by atoms with Crippen LogP contribution in [0.15, 0.2) is 24.3 Å². The average Bonchev–Trinajstić information content (AvgIpc) is 2.44. The van der Waals surface area contributed by atoms with Crippen molar-refractivity contribution >= 4 is 10.1 Å². The summed E-state index contributed by atoms with van der Waals surface area (Å²) < 4.78 is 45.3. The van der Waals surface area contributed by atoms with Crippen LogP contribution in [-0.4, -0.2) is 51.8 Å². The van der Waals surface area contributed by atoms with Crippen molar-refractivity contribution in [1.82, 2.24) is 0 Å². The zero-order valence-electron chi connectivity index (χ0n) is 13.9. The number of rotatable bonds is 10. The van der Waals surface area contributed by atoms with E-state index >= 15 is 0 Å². The molecule has 7 heteroatoms. The molecule has 0 bridgehead atoms. The number of hydrogen-bond donors (Lipinski definition) is 1. The number of ether oxygens (including phenoxy) is 3. The van der Waals surface area contributed by atoms with Crippen molar-refractivity contribution in [1.29, 1.82) is 0 Å². The third-order valence-corrected chi connectivity index (χ3v) is 3.76. The molecule has 0 aliphatic rings. The predicted molar refractivity (Wildman–Crippen MR) is 88.7 cm³/mol. The Morgan fingerprint density at radius 1 is 0.913 bits per heavy atom. The van der Waals surface area contributed by atoms with Crippen molar-refractivity contribution in [3.63, 3.8) is 0 Å². The molecule has 1 aromatic carbocycles. The van der Waals surface area contributed by atoms with E-state index in [0.29, 0.717) is 19.8 Å². The van der Waals surface area contributed by atoms with Gasteiger partial charge in [0.25, 0.3) is 10.1 Å². The summed E-state index contributed by atoms with van der Waals surface area (Å²) in [5.74, 6) is 0.395. The van der Waals surface area contributed by atoms with E-state index in [9.17, 15) is 8.42 Å². The molecule has 0 aliphatic heterocycles. The fourth-order valence-corrected chi connectivity index (χ4v) is 2.08. The van der Waals surface area contributed by atoms with Crippen LogP contribution < -0.4 is 4.74 Å². The predicted octanol–water partition coefficient (Wildman–Crippen LogP) is 2.28. The minimum atomic E-state index is -3.95. The second-order valence-electron chi connectivity index (χ2n) is 6.13. The Balaban J connectivity index is 2.07. The molecule has 1 aromatic rings. The van der Waals surface area contributed by atoms with Gasteiger partial charge in [-0.25, -0.2) is 0 Å². The van der Waals surface area contributed by atoms with Gasteiger partial charge in [0.1, 0.15) is 12.4 Å². The summed E-state index contributed by atoms with van der Waals surface area (Å²) >= 11 is 0. The molecule has 0 aliphatic carbocycles. The molecule has 0 unspecified atom stereocenters. The fourth-order valence-electron chi connectivity index (χ4n) is 1.76. The number of hydrogen-bond acceptors (Lipinski definition) is 5. The highest BCUT2D eigenvalue weighted by molar-refractivity contribution is 7.85. The van der Waals surface area contributed by atoms with Gasteiger partial charge in [0.2, 0.25) is 0 Å². The Morgan fingerprint density at radius 3 is 1.96 bits per heavy atom. The lowest BCUT2D eigenvalue weighted by atomic mass is 9.87. The summed E-state index contributed by atoms with van der Waals surface area (Å²) in [5, 5.41) is 0. The molecule has 6 nitrogen and oxygen atoms in total. The van der Waals surface area contributed by atoms with Crippen LogP contribution in [0.25, 0.3) is 0 Å². The van der Waals surface area contributed by atoms with Gasteiger partial charge in [-0.3, -0.25) is 4.55 Å². The summed E-state index contributed by atoms with van der Waals surface area (Å²) in [5.41, 5.74) is 1.37. The van der Waals surface area contributed by atoms with Gasteiger partial charge in [-0.1, -0.05) is 32.9 Å². The molecule has 1 N–H and O–H groups in total. The lowest BCUT2D eigenvalue weighted by molar-refractivity contribution is 0.0407. The van der Waals surface area contributed by atoms with Crippen molar-refractivity contribution in [3.05, 3.63) is 29.8 Å². The molecule has 23 heavy (non-hydrogen) atoms. The van der Waals surface area contributed by atoms with Crippen LogP contribution in [0.3, 0.4) is 0 Å². The van der Waals surface area contributed by atoms with Crippen molar-refractivity contribution in [2.75, 3.05) is 38.8 Å². The van der Waals surface area contributed by atoms with Crippen molar-refractivity contribution < 1.29 is 27.2 Å². The van der Waals surface area contributed by atoms with Crippen LogP contribution in [0.2, 0.25) is 0 Å². The van der Waals surface area contributed by atoms with E-state index in [4.69, 9.17) is 18.8 Å². The molecule has 1 rings (SSSR count). The number of benzene rings is 1. The first-order valence-corrected chi connectivity index (χ1v) is 9.13. The summed E-state index contributed by atoms with van der Waals surface area (Å²) in [6.07, 6.45) is 0. The topological polar surface area (TPSA) is 82.1 Å². The molecule has 132 valence electrons. The van der Waals surface area contributed by atoms with E-state index in [-0.39, 0.29) is 18.6 Å². The summed E-state index contributed by atoms with van der Waals surface area (Å²) in [6.45, 7) is 7.91. The van der Waals surface area contributed by atoms with Gasteiger partial charge in [0.05, 0.1) is 32.2 Å². The van der Waals surface area contributed by atoms with Gasteiger partial charge in [0.15, 0.2) is 0 Å². The largest absolute Gasteiger partial charge is 0.491 e. The molecule has 0 aromatic heterocycles. The maximum Gasteiger partial charge on any atom is 0.267 e. The van der Waals surface area contributed by atoms with Crippen LogP contribution in [-0.2, 0) is 25.0 Å². The normalized spacial score (nSPS) is 12.3. The SMILES string of the molecule is CC(C)(C)c1ccc(OCCOCCOCCS(=O)(=O)O)cc1. The Bertz CT molecular complexity index is 545. The highest BCUT2D eigenvalue weighted by atomic mass is 32.2. The van der Waals surface area contributed by atoms with Gasteiger partial charge in [0, 0.05) is 0 Å². The Kier molecular flexibility index (Phi) is 7.98. The molecular weight excluding hydrogens is 320 g/mol. The lowest BCUT2D eigenvalue weighted by Gasteiger charge is -2.19. The highest BCUT2D eigenvalue weighted by Gasteiger charge is 2.12.